The maximum absolute atomic E-state index is 9.00. The number of hydrogen-bond donors (Lipinski definition) is 2. The molecule has 1 aromatic heterocycles. The Hall–Kier alpha value is -1.53. The second-order valence-electron chi connectivity index (χ2n) is 0.998. The zero-order valence-electron chi connectivity index (χ0n) is 4.64. The Morgan fingerprint density at radius 1 is 1.44 bits per heavy atom. The molecule has 0 aliphatic carbocycles. The minimum Gasteiger partial charge on any atom is -0.481 e. The van der Waals surface area contributed by atoms with E-state index in [0.29, 0.717) is 0 Å². The van der Waals surface area contributed by atoms with E-state index >= 15 is 0 Å². The van der Waals surface area contributed by atoms with E-state index in [0.717, 1.165) is 6.92 Å². The van der Waals surface area contributed by atoms with Gasteiger partial charge in [-0.3, -0.25) is 4.79 Å². The molecule has 0 unspecified atom stereocenters. The summed E-state index contributed by atoms with van der Waals surface area (Å²) in [5.74, 6) is -0.833. The van der Waals surface area contributed by atoms with E-state index in [4.69, 9.17) is 9.90 Å². The van der Waals surface area contributed by atoms with Gasteiger partial charge in [-0.25, -0.2) is 0 Å². The first-order valence-corrected chi connectivity index (χ1v) is 1.97. The van der Waals surface area contributed by atoms with Gasteiger partial charge in [0.2, 0.25) is 0 Å². The second-order valence-corrected chi connectivity index (χ2v) is 0.998. The van der Waals surface area contributed by atoms with Crippen LogP contribution in [0.2, 0.25) is 0 Å². The lowest BCUT2D eigenvalue weighted by Crippen LogP contribution is -1.78. The summed E-state index contributed by atoms with van der Waals surface area (Å²) in [4.78, 5) is 9.00. The van der Waals surface area contributed by atoms with Gasteiger partial charge in [-0.1, -0.05) is 0 Å². The molecule has 1 rings (SSSR count). The Bertz CT molecular complexity index is 127. The number of nitrogens with zero attached hydrogens (tertiary/aromatic N) is 4. The number of carboxylic acid groups (broad SMARTS) is 1. The molecular weight excluding hydrogens is 126 g/mol. The maximum Gasteiger partial charge on any atom is 0.300 e. The van der Waals surface area contributed by atoms with Crippen LogP contribution in [0.5, 0.6) is 0 Å². The van der Waals surface area contributed by atoms with E-state index in [1.807, 2.05) is 0 Å². The molecule has 0 fully saturated rings. The first kappa shape index (κ1) is 7.47. The smallest absolute Gasteiger partial charge is 0.300 e. The normalized spacial score (nSPS) is 7.22. The van der Waals surface area contributed by atoms with Gasteiger partial charge < -0.3 is 5.11 Å². The molecule has 1 aromatic rings. The number of aromatic nitrogens is 5. The third kappa shape index (κ3) is 10.7. The van der Waals surface area contributed by atoms with Crippen molar-refractivity contribution in [2.24, 2.45) is 0 Å². The van der Waals surface area contributed by atoms with Crippen LogP contribution in [0, 0.1) is 0 Å². The van der Waals surface area contributed by atoms with Gasteiger partial charge in [0.1, 0.15) is 0 Å². The number of nitrogens with one attached hydrogen (secondary N) is 1. The van der Waals surface area contributed by atoms with Gasteiger partial charge in [-0.2, -0.15) is 5.21 Å². The van der Waals surface area contributed by atoms with Crippen LogP contribution in [0.15, 0.2) is 0 Å². The average Bonchev–Trinajstić information content (AvgIpc) is 2.11. The van der Waals surface area contributed by atoms with Crippen molar-refractivity contribution in [2.45, 2.75) is 6.92 Å². The van der Waals surface area contributed by atoms with E-state index < -0.39 is 5.97 Å². The van der Waals surface area contributed by atoms with Crippen molar-refractivity contribution in [3.63, 3.8) is 0 Å². The van der Waals surface area contributed by atoms with E-state index in [2.05, 4.69) is 26.1 Å². The Labute approximate surface area is 50.1 Å². The van der Waals surface area contributed by atoms with Crippen molar-refractivity contribution in [3.05, 3.63) is 0 Å². The summed E-state index contributed by atoms with van der Waals surface area (Å²) in [6.45, 7) is 1.08. The lowest BCUT2D eigenvalue weighted by atomic mass is 10.9. The summed E-state index contributed by atoms with van der Waals surface area (Å²) >= 11 is 0. The highest BCUT2D eigenvalue weighted by atomic mass is 16.4. The van der Waals surface area contributed by atoms with Crippen LogP contribution < -0.4 is 0 Å². The van der Waals surface area contributed by atoms with Crippen LogP contribution in [0.1, 0.15) is 6.92 Å². The lowest BCUT2D eigenvalue weighted by molar-refractivity contribution is -0.134. The van der Waals surface area contributed by atoms with Crippen molar-refractivity contribution in [3.8, 4) is 0 Å². The summed E-state index contributed by atoms with van der Waals surface area (Å²) in [5.41, 5.74) is 0. The zero-order valence-corrected chi connectivity index (χ0v) is 4.64. The van der Waals surface area contributed by atoms with Crippen LogP contribution in [-0.4, -0.2) is 37.1 Å². The summed E-state index contributed by atoms with van der Waals surface area (Å²) in [5, 5.41) is 21.9. The van der Waals surface area contributed by atoms with Gasteiger partial charge in [0.05, 0.1) is 0 Å². The van der Waals surface area contributed by atoms with Crippen molar-refractivity contribution >= 4 is 5.97 Å². The highest BCUT2D eigenvalue weighted by molar-refractivity contribution is 5.62. The number of aromatic amines is 1. The van der Waals surface area contributed by atoms with Crippen molar-refractivity contribution in [1.29, 1.82) is 0 Å². The molecule has 0 radical (unpaired) electrons. The topological polar surface area (TPSA) is 105 Å². The van der Waals surface area contributed by atoms with Crippen LogP contribution in [-0.2, 0) is 4.79 Å². The summed E-state index contributed by atoms with van der Waals surface area (Å²) in [7, 11) is 0. The highest BCUT2D eigenvalue weighted by Crippen LogP contribution is 1.42. The molecule has 0 bridgehead atoms. The van der Waals surface area contributed by atoms with Crippen molar-refractivity contribution in [2.75, 3.05) is 0 Å². The van der Waals surface area contributed by atoms with Gasteiger partial charge in [0, 0.05) is 6.92 Å². The molecule has 0 aliphatic rings. The first-order valence-electron chi connectivity index (χ1n) is 1.97. The number of aliphatic carboxylic acids is 1. The molecule has 0 saturated carbocycles. The molecule has 0 atom stereocenters. The van der Waals surface area contributed by atoms with Crippen molar-refractivity contribution < 1.29 is 9.90 Å². The third-order valence-electron chi connectivity index (χ3n) is 0.219. The number of H-pyrrole nitrogens is 1. The fraction of sp³-hybridized carbons (Fsp3) is 0.500. The lowest BCUT2D eigenvalue weighted by Gasteiger charge is -1.59. The molecule has 0 aromatic carbocycles. The molecule has 2 N–H and O–H groups in total. The monoisotopic (exact) mass is 131 g/mol. The van der Waals surface area contributed by atoms with Crippen molar-refractivity contribution in [1.82, 2.24) is 26.1 Å². The summed E-state index contributed by atoms with van der Waals surface area (Å²) in [6, 6.07) is 0. The van der Waals surface area contributed by atoms with Gasteiger partial charge in [-0.05, 0) is 20.9 Å². The zero-order chi connectivity index (χ0) is 7.11. The first-order chi connectivity index (χ1) is 4.23. The third-order valence-corrected chi connectivity index (χ3v) is 0.219. The van der Waals surface area contributed by atoms with Crippen LogP contribution in [0.4, 0.5) is 0 Å². The number of hydrogen-bond acceptors (Lipinski definition) is 5. The van der Waals surface area contributed by atoms with Crippen LogP contribution >= 0.6 is 0 Å². The SMILES string of the molecule is CC(=O)O.n1nn[nH]n1. The van der Waals surface area contributed by atoms with E-state index in [1.165, 1.54) is 0 Å². The molecule has 0 saturated heterocycles. The minimum atomic E-state index is -0.833. The Kier molecular flexibility index (Phi) is 3.84. The largest absolute Gasteiger partial charge is 0.481 e. The quantitative estimate of drug-likeness (QED) is 0.452. The van der Waals surface area contributed by atoms with Crippen LogP contribution in [0.3, 0.4) is 0 Å². The summed E-state index contributed by atoms with van der Waals surface area (Å²) < 4.78 is 0. The fourth-order valence-electron chi connectivity index (χ4n) is 0.100. The number of carbonyl (C=O) groups is 1. The van der Waals surface area contributed by atoms with Crippen LogP contribution in [0.25, 0.3) is 0 Å². The molecule has 0 amide bonds. The number of rotatable bonds is 0. The fourth-order valence-corrected chi connectivity index (χ4v) is 0.100. The molecule has 0 aliphatic heterocycles. The average molecular weight is 131 g/mol. The Morgan fingerprint density at radius 3 is 1.89 bits per heavy atom. The molecule has 9 heavy (non-hydrogen) atoms. The van der Waals surface area contributed by atoms with E-state index in [1.54, 1.807) is 0 Å². The molecule has 1 heterocycles. The minimum absolute atomic E-state index is 0.833. The highest BCUT2D eigenvalue weighted by Gasteiger charge is 1.65. The van der Waals surface area contributed by atoms with Gasteiger partial charge in [0.25, 0.3) is 5.97 Å². The molecule has 0 spiro atoms. The van der Waals surface area contributed by atoms with E-state index in [9.17, 15) is 0 Å². The van der Waals surface area contributed by atoms with Gasteiger partial charge in [-0.15, -0.1) is 0 Å². The predicted molar refractivity (Wildman–Crippen MR) is 25.3 cm³/mol. The Balaban J connectivity index is 0.000000148. The predicted octanol–water partition coefficient (Wildman–Crippen LogP) is -1.31. The van der Waals surface area contributed by atoms with Gasteiger partial charge >= 0.3 is 0 Å². The maximum atomic E-state index is 9.00. The Morgan fingerprint density at radius 2 is 1.78 bits per heavy atom. The molecule has 7 heteroatoms. The second kappa shape index (κ2) is 4.62. The van der Waals surface area contributed by atoms with E-state index in [-0.39, 0.29) is 0 Å². The molecule has 50 valence electrons. The number of carboxylic acids is 1. The molecular formula is C2H5N5O2. The van der Waals surface area contributed by atoms with Gasteiger partial charge in [0.15, 0.2) is 0 Å². The summed E-state index contributed by atoms with van der Waals surface area (Å²) in [6.07, 6.45) is 0. The standard InChI is InChI=1S/C2H4O2.HN5/c1-2(3)4;1-2-4-5-3-1/h1H3,(H,3,4);(H,1,2,3,4,5). The molecule has 7 nitrogen and oxygen atoms in total.